The highest BCUT2D eigenvalue weighted by atomic mass is 16.7. The lowest BCUT2D eigenvalue weighted by Gasteiger charge is -2.18. The topological polar surface area (TPSA) is 67.0 Å². The van der Waals surface area contributed by atoms with Crippen molar-refractivity contribution >= 4 is 16.9 Å². The first-order valence-electron chi connectivity index (χ1n) is 6.21. The number of nitrogens with one attached hydrogen (secondary N) is 2. The molecule has 0 spiro atoms. The van der Waals surface area contributed by atoms with Gasteiger partial charge in [0.15, 0.2) is 5.75 Å². The number of nitrogens with zero attached hydrogens (tertiary/aromatic N) is 1. The number of hydrogen-bond donors (Lipinski definition) is 2. The second-order valence-corrected chi connectivity index (χ2v) is 4.53. The highest BCUT2D eigenvalue weighted by Gasteiger charge is 2.22. The second-order valence-electron chi connectivity index (χ2n) is 4.53. The Morgan fingerprint density at radius 3 is 2.85 bits per heavy atom. The molecule has 0 saturated heterocycles. The van der Waals surface area contributed by atoms with Gasteiger partial charge in [0, 0.05) is 11.1 Å². The van der Waals surface area contributed by atoms with Crippen molar-refractivity contribution in [2.45, 2.75) is 0 Å². The number of fused-ring (bicyclic) bond motifs is 2. The zero-order chi connectivity index (χ0) is 13.5. The van der Waals surface area contributed by atoms with Crippen LogP contribution in [0.2, 0.25) is 0 Å². The molecule has 0 fully saturated rings. The second kappa shape index (κ2) is 4.09. The Kier molecular flexibility index (Phi) is 2.26. The molecule has 0 aliphatic carbocycles. The average molecular weight is 264 g/mol. The third kappa shape index (κ3) is 1.64. The van der Waals surface area contributed by atoms with E-state index >= 15 is 0 Å². The molecule has 3 aromatic rings. The van der Waals surface area contributed by atoms with Crippen LogP contribution in [-0.4, -0.2) is 15.9 Å². The lowest BCUT2D eigenvalue weighted by molar-refractivity contribution is -0.124. The Morgan fingerprint density at radius 2 is 1.95 bits per heavy atom. The first-order valence-corrected chi connectivity index (χ1v) is 6.21. The lowest BCUT2D eigenvalue weighted by Crippen LogP contribution is -2.32. The fraction of sp³-hybridized carbons (Fsp3) is 0. The number of para-hydroxylation sites is 2. The summed E-state index contributed by atoms with van der Waals surface area (Å²) in [5, 5.41) is 0. The number of amides is 1. The maximum Gasteiger partial charge on any atom is 0.261 e. The van der Waals surface area contributed by atoms with E-state index in [0.717, 1.165) is 28.0 Å². The van der Waals surface area contributed by atoms with Crippen molar-refractivity contribution in [1.29, 1.82) is 0 Å². The summed E-state index contributed by atoms with van der Waals surface area (Å²) in [7, 11) is 0. The Labute approximate surface area is 114 Å². The molecule has 2 aromatic carbocycles. The Balaban J connectivity index is 1.92. The third-order valence-corrected chi connectivity index (χ3v) is 3.25. The van der Waals surface area contributed by atoms with E-state index in [1.165, 1.54) is 6.42 Å². The Bertz CT molecular complexity index is 790. The molecule has 1 aliphatic heterocycles. The van der Waals surface area contributed by atoms with Crippen molar-refractivity contribution < 1.29 is 9.63 Å². The molecule has 1 aliphatic rings. The summed E-state index contributed by atoms with van der Waals surface area (Å²) in [6.45, 7) is 0. The van der Waals surface area contributed by atoms with E-state index in [9.17, 15) is 4.79 Å². The van der Waals surface area contributed by atoms with Gasteiger partial charge in [-0.2, -0.15) is 5.48 Å². The molecular weight excluding hydrogens is 254 g/mol. The Morgan fingerprint density at radius 1 is 1.05 bits per heavy atom. The van der Waals surface area contributed by atoms with Crippen molar-refractivity contribution in [3.05, 3.63) is 54.4 Å². The number of H-pyrrole nitrogens is 1. The van der Waals surface area contributed by atoms with Crippen LogP contribution >= 0.6 is 0 Å². The third-order valence-electron chi connectivity index (χ3n) is 3.25. The van der Waals surface area contributed by atoms with Crippen LogP contribution in [0.15, 0.2) is 42.5 Å². The fourth-order valence-corrected chi connectivity index (χ4v) is 2.33. The molecule has 5 nitrogen and oxygen atoms in total. The summed E-state index contributed by atoms with van der Waals surface area (Å²) in [6, 6.07) is 13.4. The van der Waals surface area contributed by atoms with Crippen molar-refractivity contribution in [3.8, 4) is 17.1 Å². The zero-order valence-electron chi connectivity index (χ0n) is 10.4. The summed E-state index contributed by atoms with van der Waals surface area (Å²) >= 11 is 0. The molecule has 2 N–H and O–H groups in total. The number of imidazole rings is 1. The first-order chi connectivity index (χ1) is 9.81. The first kappa shape index (κ1) is 11.0. The smallest absolute Gasteiger partial charge is 0.261 e. The molecule has 0 unspecified atom stereocenters. The van der Waals surface area contributed by atoms with Gasteiger partial charge in [-0.3, -0.25) is 4.79 Å². The van der Waals surface area contributed by atoms with Crippen LogP contribution in [0.1, 0.15) is 5.56 Å². The maximum atomic E-state index is 11.5. The van der Waals surface area contributed by atoms with Crippen molar-refractivity contribution in [1.82, 2.24) is 15.4 Å². The standard InChI is InChI=1S/C15H10N3O2/c19-14-8-10-9(4-3-7-13(10)20-18-14)15-16-11-5-1-2-6-12(11)17-15/h1-8H,(H,16,17)(H,18,19). The van der Waals surface area contributed by atoms with Crippen molar-refractivity contribution in [3.63, 3.8) is 0 Å². The lowest BCUT2D eigenvalue weighted by atomic mass is 10.0. The molecule has 1 aromatic heterocycles. The molecule has 0 bridgehead atoms. The van der Waals surface area contributed by atoms with E-state index in [1.54, 1.807) is 6.07 Å². The van der Waals surface area contributed by atoms with Crippen LogP contribution in [0.25, 0.3) is 22.4 Å². The largest absolute Gasteiger partial charge is 0.379 e. The monoisotopic (exact) mass is 264 g/mol. The molecular formula is C15H10N3O2. The average Bonchev–Trinajstić information content (AvgIpc) is 2.90. The Hall–Kier alpha value is -2.82. The molecule has 20 heavy (non-hydrogen) atoms. The molecule has 0 atom stereocenters. The number of hydroxylamine groups is 1. The minimum atomic E-state index is -0.277. The predicted octanol–water partition coefficient (Wildman–Crippen LogP) is 2.21. The number of carbonyl (C=O) groups is 1. The van der Waals surface area contributed by atoms with Crippen LogP contribution in [0, 0.1) is 6.42 Å². The van der Waals surface area contributed by atoms with E-state index in [4.69, 9.17) is 4.84 Å². The molecule has 2 heterocycles. The maximum absolute atomic E-state index is 11.5. The number of rotatable bonds is 1. The molecule has 5 heteroatoms. The van der Waals surface area contributed by atoms with Gasteiger partial charge < -0.3 is 9.82 Å². The number of hydrogen-bond acceptors (Lipinski definition) is 3. The van der Waals surface area contributed by atoms with Gasteiger partial charge >= 0.3 is 0 Å². The predicted molar refractivity (Wildman–Crippen MR) is 73.7 cm³/mol. The summed E-state index contributed by atoms with van der Waals surface area (Å²) < 4.78 is 0. The molecule has 4 rings (SSSR count). The highest BCUT2D eigenvalue weighted by molar-refractivity contribution is 5.93. The summed E-state index contributed by atoms with van der Waals surface area (Å²) in [5.41, 5.74) is 5.74. The minimum Gasteiger partial charge on any atom is -0.379 e. The minimum absolute atomic E-state index is 0.277. The molecule has 1 radical (unpaired) electrons. The van der Waals surface area contributed by atoms with E-state index in [2.05, 4.69) is 15.4 Å². The van der Waals surface area contributed by atoms with Gasteiger partial charge in [0.25, 0.3) is 5.91 Å². The van der Waals surface area contributed by atoms with Gasteiger partial charge in [-0.15, -0.1) is 0 Å². The van der Waals surface area contributed by atoms with Gasteiger partial charge in [-0.25, -0.2) is 4.98 Å². The van der Waals surface area contributed by atoms with Crippen molar-refractivity contribution in [2.24, 2.45) is 0 Å². The van der Waals surface area contributed by atoms with Crippen molar-refractivity contribution in [2.75, 3.05) is 0 Å². The van der Waals surface area contributed by atoms with Gasteiger partial charge in [0.1, 0.15) is 5.82 Å². The van der Waals surface area contributed by atoms with Crippen LogP contribution in [0.4, 0.5) is 0 Å². The van der Waals surface area contributed by atoms with Crippen LogP contribution in [-0.2, 0) is 4.79 Å². The molecule has 1 amide bonds. The SMILES string of the molecule is O=C1[CH]c2c(cccc2-c2nc3ccccc3[nH]2)ON1. The van der Waals surface area contributed by atoms with Gasteiger partial charge in [0.2, 0.25) is 0 Å². The van der Waals surface area contributed by atoms with Crippen LogP contribution in [0.3, 0.4) is 0 Å². The van der Waals surface area contributed by atoms with E-state index < -0.39 is 0 Å². The molecule has 0 saturated carbocycles. The number of aromatic amines is 1. The fourth-order valence-electron chi connectivity index (χ4n) is 2.33. The van der Waals surface area contributed by atoms with Gasteiger partial charge in [-0.1, -0.05) is 24.3 Å². The van der Waals surface area contributed by atoms with Gasteiger partial charge in [0.05, 0.1) is 17.5 Å². The molecule has 97 valence electrons. The zero-order valence-corrected chi connectivity index (χ0v) is 10.4. The van der Waals surface area contributed by atoms with Gasteiger partial charge in [-0.05, 0) is 18.2 Å². The number of benzene rings is 2. The summed E-state index contributed by atoms with van der Waals surface area (Å²) in [4.78, 5) is 24.5. The van der Waals surface area contributed by atoms with Crippen LogP contribution < -0.4 is 10.3 Å². The van der Waals surface area contributed by atoms with E-state index in [-0.39, 0.29) is 5.91 Å². The summed E-state index contributed by atoms with van der Waals surface area (Å²) in [6.07, 6.45) is 1.52. The van der Waals surface area contributed by atoms with E-state index in [0.29, 0.717) is 5.75 Å². The number of aromatic nitrogens is 2. The number of carbonyl (C=O) groups excluding carboxylic acids is 1. The quantitative estimate of drug-likeness (QED) is 0.708. The summed E-state index contributed by atoms with van der Waals surface area (Å²) in [5.74, 6) is 1.06. The van der Waals surface area contributed by atoms with Crippen LogP contribution in [0.5, 0.6) is 5.75 Å². The highest BCUT2D eigenvalue weighted by Crippen LogP contribution is 2.32. The normalized spacial score (nSPS) is 13.7. The van der Waals surface area contributed by atoms with E-state index in [1.807, 2.05) is 36.4 Å².